The zero-order chi connectivity index (χ0) is 13.9. The highest BCUT2D eigenvalue weighted by Crippen LogP contribution is 2.21. The molecule has 0 aliphatic carbocycles. The zero-order valence-corrected chi connectivity index (χ0v) is 12.4. The third kappa shape index (κ3) is 4.38. The molecule has 0 bridgehead atoms. The van der Waals surface area contributed by atoms with Crippen LogP contribution in [0, 0.1) is 0 Å². The summed E-state index contributed by atoms with van der Waals surface area (Å²) in [5.41, 5.74) is -0.458. The maximum atomic E-state index is 12.0. The van der Waals surface area contributed by atoms with E-state index < -0.39 is 5.60 Å². The summed E-state index contributed by atoms with van der Waals surface area (Å²) in [5, 5.41) is 2.54. The summed E-state index contributed by atoms with van der Waals surface area (Å²) in [6.45, 7) is 6.91. The second-order valence-electron chi connectivity index (χ2n) is 5.61. The van der Waals surface area contributed by atoms with E-state index in [-0.39, 0.29) is 12.2 Å². The topological polar surface area (TPSA) is 51.7 Å². The molecule has 1 amide bonds. The van der Waals surface area contributed by atoms with Crippen LogP contribution in [0.2, 0.25) is 0 Å². The van der Waals surface area contributed by atoms with Gasteiger partial charge >= 0.3 is 6.09 Å². The van der Waals surface area contributed by atoms with E-state index in [0.717, 1.165) is 19.4 Å². The van der Waals surface area contributed by atoms with Gasteiger partial charge in [-0.2, -0.15) is 0 Å². The minimum atomic E-state index is -0.458. The normalized spacial score (nSPS) is 20.2. The lowest BCUT2D eigenvalue weighted by Crippen LogP contribution is -2.46. The maximum absolute atomic E-state index is 12.0. The van der Waals surface area contributed by atoms with Crippen molar-refractivity contribution < 1.29 is 14.3 Å². The van der Waals surface area contributed by atoms with Crippen LogP contribution in [-0.2, 0) is 4.74 Å². The average Bonchev–Trinajstić information content (AvgIpc) is 2.80. The van der Waals surface area contributed by atoms with Gasteiger partial charge in [0.2, 0.25) is 0 Å². The van der Waals surface area contributed by atoms with E-state index in [4.69, 9.17) is 9.47 Å². The molecule has 19 heavy (non-hydrogen) atoms. The van der Waals surface area contributed by atoms with Crippen molar-refractivity contribution >= 4 is 17.4 Å². The minimum Gasteiger partial charge on any atom is -0.465 e. The van der Waals surface area contributed by atoms with Crippen LogP contribution < -0.4 is 4.74 Å². The van der Waals surface area contributed by atoms with Crippen LogP contribution in [0.1, 0.15) is 33.6 Å². The number of piperidine rings is 1. The summed E-state index contributed by atoms with van der Waals surface area (Å²) in [4.78, 5) is 17.8. The molecule has 6 heteroatoms. The first-order valence-electron chi connectivity index (χ1n) is 6.48. The SMILES string of the molecule is CC(C)(C)OC(=O)N1CCC[C@H](Oc2nccs2)C1. The number of hydrogen-bond donors (Lipinski definition) is 0. The van der Waals surface area contributed by atoms with Crippen molar-refractivity contribution in [2.45, 2.75) is 45.3 Å². The lowest BCUT2D eigenvalue weighted by molar-refractivity contribution is 0.00773. The molecular weight excluding hydrogens is 264 g/mol. The van der Waals surface area contributed by atoms with Crippen molar-refractivity contribution in [1.29, 1.82) is 0 Å². The summed E-state index contributed by atoms with van der Waals surface area (Å²) >= 11 is 1.47. The number of ether oxygens (including phenoxy) is 2. The predicted octanol–water partition coefficient (Wildman–Crippen LogP) is 2.92. The molecule has 5 nitrogen and oxygen atoms in total. The standard InChI is InChI=1S/C13H20N2O3S/c1-13(2,3)18-12(16)15-7-4-5-10(9-15)17-11-14-6-8-19-11/h6,8,10H,4-5,7,9H2,1-3H3/t10-/m0/s1. The largest absolute Gasteiger partial charge is 0.465 e. The molecule has 1 atom stereocenters. The number of amides is 1. The molecule has 1 aliphatic heterocycles. The van der Waals surface area contributed by atoms with Crippen LogP contribution in [0.4, 0.5) is 4.79 Å². The Morgan fingerprint density at radius 2 is 2.32 bits per heavy atom. The minimum absolute atomic E-state index is 0.00687. The van der Waals surface area contributed by atoms with Crippen LogP contribution in [0.15, 0.2) is 11.6 Å². The summed E-state index contributed by atoms with van der Waals surface area (Å²) in [6, 6.07) is 0. The van der Waals surface area contributed by atoms with Crippen molar-refractivity contribution in [1.82, 2.24) is 9.88 Å². The molecule has 1 aliphatic rings. The summed E-state index contributed by atoms with van der Waals surface area (Å²) in [6.07, 6.45) is 3.33. The predicted molar refractivity (Wildman–Crippen MR) is 73.6 cm³/mol. The fourth-order valence-corrected chi connectivity index (χ4v) is 2.49. The number of thiazole rings is 1. The van der Waals surface area contributed by atoms with Gasteiger partial charge in [-0.1, -0.05) is 11.3 Å². The third-order valence-electron chi connectivity index (χ3n) is 2.71. The van der Waals surface area contributed by atoms with Crippen molar-refractivity contribution in [2.24, 2.45) is 0 Å². The van der Waals surface area contributed by atoms with Crippen molar-refractivity contribution in [2.75, 3.05) is 13.1 Å². The molecule has 0 radical (unpaired) electrons. The highest BCUT2D eigenvalue weighted by atomic mass is 32.1. The lowest BCUT2D eigenvalue weighted by Gasteiger charge is -2.33. The quantitative estimate of drug-likeness (QED) is 0.838. The number of likely N-dealkylation sites (tertiary alicyclic amines) is 1. The first-order valence-corrected chi connectivity index (χ1v) is 7.36. The lowest BCUT2D eigenvalue weighted by atomic mass is 10.1. The summed E-state index contributed by atoms with van der Waals surface area (Å²) in [5.74, 6) is 0. The molecule has 0 N–H and O–H groups in total. The van der Waals surface area contributed by atoms with Crippen LogP contribution in [-0.4, -0.2) is 40.8 Å². The number of carbonyl (C=O) groups excluding carboxylic acids is 1. The van der Waals surface area contributed by atoms with E-state index in [1.807, 2.05) is 26.2 Å². The number of hydrogen-bond acceptors (Lipinski definition) is 5. The van der Waals surface area contributed by atoms with Crippen LogP contribution in [0.25, 0.3) is 0 Å². The fraction of sp³-hybridized carbons (Fsp3) is 0.692. The van der Waals surface area contributed by atoms with Gasteiger partial charge in [0.25, 0.3) is 5.19 Å². The Morgan fingerprint density at radius 1 is 1.53 bits per heavy atom. The van der Waals surface area contributed by atoms with E-state index in [1.54, 1.807) is 11.1 Å². The van der Waals surface area contributed by atoms with Crippen LogP contribution in [0.5, 0.6) is 5.19 Å². The van der Waals surface area contributed by atoms with Crippen molar-refractivity contribution in [3.05, 3.63) is 11.6 Å². The molecule has 0 spiro atoms. The second-order valence-corrected chi connectivity index (χ2v) is 6.46. The molecule has 0 unspecified atom stereocenters. The molecule has 1 saturated heterocycles. The number of aromatic nitrogens is 1. The van der Waals surface area contributed by atoms with Gasteiger partial charge < -0.3 is 14.4 Å². The Balaban J connectivity index is 1.88. The van der Waals surface area contributed by atoms with E-state index in [0.29, 0.717) is 11.7 Å². The molecule has 2 heterocycles. The average molecular weight is 284 g/mol. The van der Waals surface area contributed by atoms with E-state index in [2.05, 4.69) is 4.98 Å². The van der Waals surface area contributed by atoms with Gasteiger partial charge in [0.15, 0.2) is 0 Å². The Bertz CT molecular complexity index is 414. The van der Waals surface area contributed by atoms with Gasteiger partial charge in [-0.15, -0.1) is 0 Å². The Morgan fingerprint density at radius 3 is 2.95 bits per heavy atom. The monoisotopic (exact) mass is 284 g/mol. The first kappa shape index (κ1) is 14.1. The number of carbonyl (C=O) groups is 1. The van der Waals surface area contributed by atoms with Gasteiger partial charge in [-0.25, -0.2) is 9.78 Å². The molecule has 2 rings (SSSR count). The summed E-state index contributed by atoms with van der Waals surface area (Å²) in [7, 11) is 0. The number of nitrogens with zero attached hydrogens (tertiary/aromatic N) is 2. The van der Waals surface area contributed by atoms with Gasteiger partial charge in [0.1, 0.15) is 11.7 Å². The van der Waals surface area contributed by atoms with Gasteiger partial charge in [0, 0.05) is 18.1 Å². The Hall–Kier alpha value is -1.30. The second kappa shape index (κ2) is 5.77. The highest BCUT2D eigenvalue weighted by Gasteiger charge is 2.28. The van der Waals surface area contributed by atoms with Gasteiger partial charge in [-0.3, -0.25) is 0 Å². The summed E-state index contributed by atoms with van der Waals surface area (Å²) < 4.78 is 11.1. The fourth-order valence-electron chi connectivity index (χ4n) is 1.94. The van der Waals surface area contributed by atoms with Crippen LogP contribution >= 0.6 is 11.3 Å². The first-order chi connectivity index (χ1) is 8.94. The molecule has 106 valence electrons. The van der Waals surface area contributed by atoms with Crippen molar-refractivity contribution in [3.63, 3.8) is 0 Å². The maximum Gasteiger partial charge on any atom is 0.410 e. The van der Waals surface area contributed by atoms with E-state index in [9.17, 15) is 4.79 Å². The van der Waals surface area contributed by atoms with Crippen molar-refractivity contribution in [3.8, 4) is 5.19 Å². The zero-order valence-electron chi connectivity index (χ0n) is 11.6. The molecule has 0 saturated carbocycles. The third-order valence-corrected chi connectivity index (χ3v) is 3.37. The molecule has 1 fully saturated rings. The smallest absolute Gasteiger partial charge is 0.410 e. The van der Waals surface area contributed by atoms with Gasteiger partial charge in [-0.05, 0) is 33.6 Å². The Kier molecular flexibility index (Phi) is 4.29. The Labute approximate surface area is 117 Å². The van der Waals surface area contributed by atoms with Crippen LogP contribution in [0.3, 0.4) is 0 Å². The van der Waals surface area contributed by atoms with Gasteiger partial charge in [0.05, 0.1) is 6.54 Å². The molecular formula is C13H20N2O3S. The molecule has 1 aromatic rings. The highest BCUT2D eigenvalue weighted by molar-refractivity contribution is 7.11. The van der Waals surface area contributed by atoms with E-state index in [1.165, 1.54) is 11.3 Å². The number of rotatable bonds is 2. The molecule has 1 aromatic heterocycles. The van der Waals surface area contributed by atoms with E-state index >= 15 is 0 Å². The molecule has 0 aromatic carbocycles.